The normalized spacial score (nSPS) is 13.8. The molecule has 0 aliphatic rings. The lowest BCUT2D eigenvalue weighted by Gasteiger charge is -2.25. The van der Waals surface area contributed by atoms with Gasteiger partial charge in [-0.3, -0.25) is 4.79 Å². The Morgan fingerprint density at radius 2 is 1.93 bits per heavy atom. The van der Waals surface area contributed by atoms with Crippen LogP contribution in [0.4, 0.5) is 0 Å². The van der Waals surface area contributed by atoms with Gasteiger partial charge in [-0.15, -0.1) is 0 Å². The lowest BCUT2D eigenvalue weighted by Crippen LogP contribution is -2.34. The summed E-state index contributed by atoms with van der Waals surface area (Å²) in [5.41, 5.74) is -0.773. The Morgan fingerprint density at radius 3 is 2.33 bits per heavy atom. The Balaban J connectivity index is 4.11. The van der Waals surface area contributed by atoms with Gasteiger partial charge in [0.2, 0.25) is 0 Å². The van der Waals surface area contributed by atoms with E-state index in [4.69, 9.17) is 14.6 Å². The molecule has 5 nitrogen and oxygen atoms in total. The fourth-order valence-corrected chi connectivity index (χ4v) is 0.713. The lowest BCUT2D eigenvalue weighted by molar-refractivity contribution is -0.150. The van der Waals surface area contributed by atoms with Crippen LogP contribution in [-0.2, 0) is 19.1 Å². The molecule has 1 unspecified atom stereocenters. The highest BCUT2D eigenvalue weighted by Crippen LogP contribution is 2.16. The highest BCUT2D eigenvalue weighted by Gasteiger charge is 2.26. The summed E-state index contributed by atoms with van der Waals surface area (Å²) >= 11 is 0. The quantitative estimate of drug-likeness (QED) is 0.510. The molecule has 5 heteroatoms. The summed E-state index contributed by atoms with van der Waals surface area (Å²) < 4.78 is 9.52. The second kappa shape index (κ2) is 6.19. The zero-order chi connectivity index (χ0) is 11.9. The summed E-state index contributed by atoms with van der Waals surface area (Å²) in [6.07, 6.45) is 1.03. The van der Waals surface area contributed by atoms with Crippen LogP contribution in [0.15, 0.2) is 12.7 Å². The Morgan fingerprint density at radius 1 is 1.40 bits per heavy atom. The van der Waals surface area contributed by atoms with Crippen LogP contribution in [0.3, 0.4) is 0 Å². The lowest BCUT2D eigenvalue weighted by atomic mass is 9.94. The molecular formula is C10H16O5. The third-order valence-corrected chi connectivity index (χ3v) is 1.74. The predicted octanol–water partition coefficient (Wildman–Crippen LogP) is 0.277. The van der Waals surface area contributed by atoms with Crippen molar-refractivity contribution in [3.8, 4) is 0 Å². The summed E-state index contributed by atoms with van der Waals surface area (Å²) in [4.78, 5) is 21.4. The van der Waals surface area contributed by atoms with E-state index in [1.165, 1.54) is 6.92 Å². The molecule has 0 aromatic heterocycles. The minimum atomic E-state index is -0.773. The number of carbonyl (C=O) groups is 2. The van der Waals surface area contributed by atoms with E-state index in [1.54, 1.807) is 6.92 Å². The molecule has 0 fully saturated rings. The van der Waals surface area contributed by atoms with Gasteiger partial charge in [-0.2, -0.15) is 0 Å². The molecule has 0 aliphatic heterocycles. The van der Waals surface area contributed by atoms with Gasteiger partial charge in [-0.25, -0.2) is 4.79 Å². The van der Waals surface area contributed by atoms with Gasteiger partial charge >= 0.3 is 11.9 Å². The first-order chi connectivity index (χ1) is 6.93. The molecule has 1 N–H and O–H groups in total. The van der Waals surface area contributed by atoms with E-state index in [-0.39, 0.29) is 19.8 Å². The van der Waals surface area contributed by atoms with Crippen LogP contribution in [-0.4, -0.2) is 36.9 Å². The Kier molecular flexibility index (Phi) is 5.62. The predicted molar refractivity (Wildman–Crippen MR) is 53.0 cm³/mol. The van der Waals surface area contributed by atoms with E-state index in [1.807, 2.05) is 0 Å². The summed E-state index contributed by atoms with van der Waals surface area (Å²) in [5.74, 6) is -1.01. The highest BCUT2D eigenvalue weighted by molar-refractivity contribution is 5.81. The molecule has 0 aromatic carbocycles. The van der Waals surface area contributed by atoms with Crippen molar-refractivity contribution in [2.45, 2.75) is 13.8 Å². The fraction of sp³-hybridized carbons (Fsp3) is 0.600. The number of esters is 2. The maximum absolute atomic E-state index is 10.8. The van der Waals surface area contributed by atoms with E-state index in [0.29, 0.717) is 0 Å². The number of hydrogen-bond donors (Lipinski definition) is 1. The van der Waals surface area contributed by atoms with E-state index in [9.17, 15) is 9.59 Å². The van der Waals surface area contributed by atoms with Gasteiger partial charge in [-0.05, 0) is 0 Å². The van der Waals surface area contributed by atoms with E-state index in [0.717, 1.165) is 6.08 Å². The number of aliphatic hydroxyl groups is 1. The first-order valence-corrected chi connectivity index (χ1v) is 4.47. The molecule has 86 valence electrons. The average Bonchev–Trinajstić information content (AvgIpc) is 2.23. The van der Waals surface area contributed by atoms with Crippen LogP contribution < -0.4 is 0 Å². The van der Waals surface area contributed by atoms with Gasteiger partial charge in [0, 0.05) is 13.0 Å². The average molecular weight is 216 g/mol. The topological polar surface area (TPSA) is 72.8 Å². The molecule has 0 saturated carbocycles. The zero-order valence-corrected chi connectivity index (χ0v) is 8.99. The minimum Gasteiger partial charge on any atom is -0.465 e. The van der Waals surface area contributed by atoms with Crippen molar-refractivity contribution >= 4 is 11.9 Å². The molecule has 0 aliphatic carbocycles. The molecule has 0 rings (SSSR count). The first-order valence-electron chi connectivity index (χ1n) is 4.47. The molecule has 0 aromatic rings. The van der Waals surface area contributed by atoms with E-state index in [2.05, 4.69) is 6.58 Å². The van der Waals surface area contributed by atoms with Crippen molar-refractivity contribution in [2.24, 2.45) is 5.41 Å². The highest BCUT2D eigenvalue weighted by atomic mass is 16.5. The Bertz CT molecular complexity index is 248. The Labute approximate surface area is 88.7 Å². The number of ether oxygens (including phenoxy) is 2. The third-order valence-electron chi connectivity index (χ3n) is 1.74. The van der Waals surface area contributed by atoms with E-state index < -0.39 is 17.4 Å². The fourth-order valence-electron chi connectivity index (χ4n) is 0.713. The second-order valence-electron chi connectivity index (χ2n) is 3.56. The first kappa shape index (κ1) is 13.6. The van der Waals surface area contributed by atoms with Crippen molar-refractivity contribution in [1.82, 2.24) is 0 Å². The molecule has 0 saturated heterocycles. The molecule has 0 spiro atoms. The summed E-state index contributed by atoms with van der Waals surface area (Å²) in [6, 6.07) is 0. The van der Waals surface area contributed by atoms with Gasteiger partial charge in [-0.1, -0.05) is 13.5 Å². The molecular weight excluding hydrogens is 200 g/mol. The zero-order valence-electron chi connectivity index (χ0n) is 8.99. The largest absolute Gasteiger partial charge is 0.465 e. The number of carbonyl (C=O) groups excluding carboxylic acids is 2. The molecule has 0 bridgehead atoms. The molecule has 0 heterocycles. The standard InChI is InChI=1S/C10H16O5/c1-4-9(13)15-7-10(3,5-11)6-14-8(2)12/h4,11H,1,5-7H2,2-3H3. The van der Waals surface area contributed by atoms with Gasteiger partial charge in [0.25, 0.3) is 0 Å². The van der Waals surface area contributed by atoms with Crippen molar-refractivity contribution in [3.05, 3.63) is 12.7 Å². The number of hydrogen-bond acceptors (Lipinski definition) is 5. The van der Waals surface area contributed by atoms with Crippen molar-refractivity contribution in [2.75, 3.05) is 19.8 Å². The second-order valence-corrected chi connectivity index (χ2v) is 3.56. The van der Waals surface area contributed by atoms with E-state index >= 15 is 0 Å². The van der Waals surface area contributed by atoms with Crippen LogP contribution >= 0.6 is 0 Å². The van der Waals surface area contributed by atoms with Crippen molar-refractivity contribution in [3.63, 3.8) is 0 Å². The van der Waals surface area contributed by atoms with Gasteiger partial charge in [0.15, 0.2) is 0 Å². The van der Waals surface area contributed by atoms with Crippen LogP contribution in [0.1, 0.15) is 13.8 Å². The third kappa shape index (κ3) is 5.85. The molecule has 0 amide bonds. The minimum absolute atomic E-state index is 0.00323. The summed E-state index contributed by atoms with van der Waals surface area (Å²) in [7, 11) is 0. The van der Waals surface area contributed by atoms with Gasteiger partial charge < -0.3 is 14.6 Å². The smallest absolute Gasteiger partial charge is 0.330 e. The van der Waals surface area contributed by atoms with Crippen LogP contribution in [0.25, 0.3) is 0 Å². The molecule has 1 atom stereocenters. The SMILES string of the molecule is C=CC(=O)OCC(C)(CO)COC(C)=O. The molecule has 0 radical (unpaired) electrons. The maximum atomic E-state index is 10.8. The van der Waals surface area contributed by atoms with Crippen LogP contribution in [0, 0.1) is 5.41 Å². The Hall–Kier alpha value is -1.36. The van der Waals surface area contributed by atoms with Crippen molar-refractivity contribution in [1.29, 1.82) is 0 Å². The van der Waals surface area contributed by atoms with Gasteiger partial charge in [0.1, 0.15) is 13.2 Å². The molecule has 15 heavy (non-hydrogen) atoms. The van der Waals surface area contributed by atoms with Crippen molar-refractivity contribution < 1.29 is 24.2 Å². The van der Waals surface area contributed by atoms with Crippen LogP contribution in [0.5, 0.6) is 0 Å². The maximum Gasteiger partial charge on any atom is 0.330 e. The summed E-state index contributed by atoms with van der Waals surface area (Å²) in [6.45, 7) is 5.89. The number of rotatable bonds is 6. The summed E-state index contributed by atoms with van der Waals surface area (Å²) in [5, 5.41) is 9.08. The monoisotopic (exact) mass is 216 g/mol. The van der Waals surface area contributed by atoms with Gasteiger partial charge in [0.05, 0.1) is 12.0 Å². The number of aliphatic hydroxyl groups excluding tert-OH is 1. The van der Waals surface area contributed by atoms with Crippen LogP contribution in [0.2, 0.25) is 0 Å².